The number of amides is 3. The lowest BCUT2D eigenvalue weighted by atomic mass is 10.1. The van der Waals surface area contributed by atoms with E-state index in [9.17, 15) is 9.59 Å². The van der Waals surface area contributed by atoms with Gasteiger partial charge in [0.25, 0.3) is 5.91 Å². The van der Waals surface area contributed by atoms with Crippen LogP contribution in [0.2, 0.25) is 0 Å². The minimum absolute atomic E-state index is 0.132. The van der Waals surface area contributed by atoms with Gasteiger partial charge in [0.15, 0.2) is 0 Å². The van der Waals surface area contributed by atoms with Crippen LogP contribution in [0.25, 0.3) is 0 Å². The van der Waals surface area contributed by atoms with Crippen LogP contribution in [-0.4, -0.2) is 31.6 Å². The maximum Gasteiger partial charge on any atom is 0.321 e. The van der Waals surface area contributed by atoms with E-state index in [1.165, 1.54) is 0 Å². The summed E-state index contributed by atoms with van der Waals surface area (Å²) in [6, 6.07) is 12.7. The third-order valence-corrected chi connectivity index (χ3v) is 4.44. The van der Waals surface area contributed by atoms with Crippen molar-refractivity contribution in [2.24, 2.45) is 0 Å². The van der Waals surface area contributed by atoms with E-state index >= 15 is 0 Å². The number of rotatable bonds is 3. The molecule has 6 heteroatoms. The summed E-state index contributed by atoms with van der Waals surface area (Å²) >= 11 is 0. The smallest absolute Gasteiger partial charge is 0.321 e. The minimum atomic E-state index is -0.196. The van der Waals surface area contributed by atoms with E-state index in [0.717, 1.165) is 42.1 Å². The molecule has 4 rings (SSSR count). The molecule has 0 atom stereocenters. The molecule has 0 saturated carbocycles. The molecule has 2 heterocycles. The summed E-state index contributed by atoms with van der Waals surface area (Å²) in [5.41, 5.74) is 3.11. The standard InChI is InChI=1S/C19H19N3O3/c23-18(21-15-6-7-17-13(11-15)4-2-10-25-17)14-3-1-5-16(12-14)22-9-8-20-19(22)24/h1,3,5-7,11-12H,2,4,8-10H2,(H,20,24)(H,21,23). The van der Waals surface area contributed by atoms with E-state index in [1.54, 1.807) is 23.1 Å². The van der Waals surface area contributed by atoms with Crippen LogP contribution >= 0.6 is 0 Å². The molecule has 3 amide bonds. The number of hydrogen-bond acceptors (Lipinski definition) is 3. The van der Waals surface area contributed by atoms with E-state index in [4.69, 9.17) is 4.74 Å². The number of nitrogens with zero attached hydrogens (tertiary/aromatic N) is 1. The molecule has 128 valence electrons. The van der Waals surface area contributed by atoms with Crippen LogP contribution in [0.5, 0.6) is 5.75 Å². The largest absolute Gasteiger partial charge is 0.493 e. The van der Waals surface area contributed by atoms with E-state index < -0.39 is 0 Å². The van der Waals surface area contributed by atoms with Gasteiger partial charge in [-0.1, -0.05) is 6.07 Å². The van der Waals surface area contributed by atoms with Gasteiger partial charge in [0.2, 0.25) is 0 Å². The van der Waals surface area contributed by atoms with E-state index in [-0.39, 0.29) is 11.9 Å². The van der Waals surface area contributed by atoms with Crippen molar-refractivity contribution in [3.63, 3.8) is 0 Å². The van der Waals surface area contributed by atoms with Crippen LogP contribution in [0.3, 0.4) is 0 Å². The predicted octanol–water partition coefficient (Wildman–Crippen LogP) is 2.79. The van der Waals surface area contributed by atoms with E-state index in [1.807, 2.05) is 24.3 Å². The first kappa shape index (κ1) is 15.5. The monoisotopic (exact) mass is 337 g/mol. The van der Waals surface area contributed by atoms with Crippen LogP contribution in [0, 0.1) is 0 Å². The van der Waals surface area contributed by atoms with Gasteiger partial charge in [-0.05, 0) is 54.8 Å². The van der Waals surface area contributed by atoms with Gasteiger partial charge in [-0.3, -0.25) is 9.69 Å². The average Bonchev–Trinajstić information content (AvgIpc) is 3.08. The molecule has 0 bridgehead atoms. The summed E-state index contributed by atoms with van der Waals surface area (Å²) in [6.45, 7) is 1.97. The van der Waals surface area contributed by atoms with Gasteiger partial charge >= 0.3 is 6.03 Å². The average molecular weight is 337 g/mol. The van der Waals surface area contributed by atoms with Crippen molar-refractivity contribution in [3.8, 4) is 5.75 Å². The summed E-state index contributed by atoms with van der Waals surface area (Å²) < 4.78 is 5.59. The van der Waals surface area contributed by atoms with Crippen LogP contribution in [-0.2, 0) is 6.42 Å². The maximum absolute atomic E-state index is 12.6. The molecule has 0 aromatic heterocycles. The number of carbonyl (C=O) groups excluding carboxylic acids is 2. The first-order valence-electron chi connectivity index (χ1n) is 8.43. The Labute approximate surface area is 145 Å². The van der Waals surface area contributed by atoms with Gasteiger partial charge < -0.3 is 15.4 Å². The molecule has 2 aliphatic heterocycles. The molecule has 0 aliphatic carbocycles. The topological polar surface area (TPSA) is 70.7 Å². The quantitative estimate of drug-likeness (QED) is 0.905. The number of anilines is 2. The Morgan fingerprint density at radius 1 is 1.20 bits per heavy atom. The molecule has 0 radical (unpaired) electrons. The highest BCUT2D eigenvalue weighted by molar-refractivity contribution is 6.05. The summed E-state index contributed by atoms with van der Waals surface area (Å²) in [5.74, 6) is 0.699. The van der Waals surface area contributed by atoms with Crippen molar-refractivity contribution >= 4 is 23.3 Å². The van der Waals surface area contributed by atoms with Gasteiger partial charge in [-0.15, -0.1) is 0 Å². The summed E-state index contributed by atoms with van der Waals surface area (Å²) in [4.78, 5) is 26.0. The molecule has 2 aromatic rings. The van der Waals surface area contributed by atoms with Crippen LogP contribution in [0.4, 0.5) is 16.2 Å². The molecular formula is C19H19N3O3. The minimum Gasteiger partial charge on any atom is -0.493 e. The second-order valence-electron chi connectivity index (χ2n) is 6.16. The van der Waals surface area contributed by atoms with Crippen LogP contribution in [0.1, 0.15) is 22.3 Å². The zero-order chi connectivity index (χ0) is 17.2. The highest BCUT2D eigenvalue weighted by Gasteiger charge is 2.22. The highest BCUT2D eigenvalue weighted by Crippen LogP contribution is 2.28. The fourth-order valence-corrected chi connectivity index (χ4v) is 3.17. The highest BCUT2D eigenvalue weighted by atomic mass is 16.5. The molecule has 1 saturated heterocycles. The first-order chi connectivity index (χ1) is 12.2. The molecule has 2 N–H and O–H groups in total. The van der Waals surface area contributed by atoms with Crippen LogP contribution in [0.15, 0.2) is 42.5 Å². The van der Waals surface area contributed by atoms with Gasteiger partial charge in [0, 0.05) is 30.0 Å². The number of nitrogens with one attached hydrogen (secondary N) is 2. The Kier molecular flexibility index (Phi) is 4.01. The third-order valence-electron chi connectivity index (χ3n) is 4.44. The summed E-state index contributed by atoms with van der Waals surface area (Å²) in [6.07, 6.45) is 1.95. The molecule has 0 unspecified atom stereocenters. The van der Waals surface area contributed by atoms with Crippen molar-refractivity contribution in [3.05, 3.63) is 53.6 Å². The van der Waals surface area contributed by atoms with Gasteiger partial charge in [-0.25, -0.2) is 4.79 Å². The Morgan fingerprint density at radius 2 is 2.12 bits per heavy atom. The molecule has 2 aromatic carbocycles. The lowest BCUT2D eigenvalue weighted by Crippen LogP contribution is -2.27. The number of ether oxygens (including phenoxy) is 1. The third kappa shape index (κ3) is 3.15. The normalized spacial score (nSPS) is 16.0. The fraction of sp³-hybridized carbons (Fsp3) is 0.263. The zero-order valence-corrected chi connectivity index (χ0v) is 13.7. The van der Waals surface area contributed by atoms with Crippen molar-refractivity contribution in [2.45, 2.75) is 12.8 Å². The number of hydrogen-bond donors (Lipinski definition) is 2. The second kappa shape index (κ2) is 6.47. The Hall–Kier alpha value is -3.02. The van der Waals surface area contributed by atoms with Gasteiger partial charge in [-0.2, -0.15) is 0 Å². The number of urea groups is 1. The van der Waals surface area contributed by atoms with Crippen LogP contribution < -0.4 is 20.3 Å². The van der Waals surface area contributed by atoms with Crippen molar-refractivity contribution in [1.29, 1.82) is 0 Å². The lowest BCUT2D eigenvalue weighted by molar-refractivity contribution is 0.102. The number of aryl methyl sites for hydroxylation is 1. The Morgan fingerprint density at radius 3 is 2.96 bits per heavy atom. The predicted molar refractivity (Wildman–Crippen MR) is 95.4 cm³/mol. The molecule has 0 spiro atoms. The zero-order valence-electron chi connectivity index (χ0n) is 13.7. The summed E-state index contributed by atoms with van der Waals surface area (Å²) in [7, 11) is 0. The fourth-order valence-electron chi connectivity index (χ4n) is 3.17. The maximum atomic E-state index is 12.6. The molecule has 1 fully saturated rings. The van der Waals surface area contributed by atoms with Crippen molar-refractivity contribution in [2.75, 3.05) is 29.9 Å². The second-order valence-corrected chi connectivity index (χ2v) is 6.16. The molecular weight excluding hydrogens is 318 g/mol. The van der Waals surface area contributed by atoms with Gasteiger partial charge in [0.1, 0.15) is 5.75 Å². The molecule has 2 aliphatic rings. The van der Waals surface area contributed by atoms with Crippen molar-refractivity contribution < 1.29 is 14.3 Å². The number of carbonyl (C=O) groups is 2. The SMILES string of the molecule is O=C(Nc1ccc2c(c1)CCCO2)c1cccc(N2CCNC2=O)c1. The van der Waals surface area contributed by atoms with E-state index in [0.29, 0.717) is 18.7 Å². The molecule has 6 nitrogen and oxygen atoms in total. The van der Waals surface area contributed by atoms with Crippen molar-refractivity contribution in [1.82, 2.24) is 5.32 Å². The lowest BCUT2D eigenvalue weighted by Gasteiger charge is -2.18. The Balaban J connectivity index is 1.52. The Bertz CT molecular complexity index is 834. The molecule has 25 heavy (non-hydrogen) atoms. The summed E-state index contributed by atoms with van der Waals surface area (Å²) in [5, 5.41) is 5.68. The van der Waals surface area contributed by atoms with Gasteiger partial charge in [0.05, 0.1) is 6.61 Å². The first-order valence-corrected chi connectivity index (χ1v) is 8.43. The number of fused-ring (bicyclic) bond motifs is 1. The van der Waals surface area contributed by atoms with E-state index in [2.05, 4.69) is 10.6 Å². The number of benzene rings is 2.